The van der Waals surface area contributed by atoms with Gasteiger partial charge in [-0.2, -0.15) is 5.26 Å². The van der Waals surface area contributed by atoms with Gasteiger partial charge in [0.2, 0.25) is 11.8 Å². The highest BCUT2D eigenvalue weighted by molar-refractivity contribution is 5.58. The molecule has 0 saturated carbocycles. The molecular weight excluding hydrogens is 304 g/mol. The van der Waals surface area contributed by atoms with Crippen LogP contribution >= 0.6 is 0 Å². The molecular formula is C18H20N4O2. The van der Waals surface area contributed by atoms with Crippen molar-refractivity contribution in [2.45, 2.75) is 32.1 Å². The van der Waals surface area contributed by atoms with Crippen LogP contribution in [0.3, 0.4) is 0 Å². The lowest BCUT2D eigenvalue weighted by Crippen LogP contribution is -2.24. The second-order valence-corrected chi connectivity index (χ2v) is 6.73. The Labute approximate surface area is 140 Å². The summed E-state index contributed by atoms with van der Waals surface area (Å²) in [4.78, 5) is 0. The van der Waals surface area contributed by atoms with Crippen molar-refractivity contribution in [2.24, 2.45) is 5.73 Å². The molecule has 1 aromatic carbocycles. The van der Waals surface area contributed by atoms with Gasteiger partial charge in [-0.25, -0.2) is 0 Å². The molecule has 0 fully saturated rings. The van der Waals surface area contributed by atoms with E-state index in [1.807, 2.05) is 24.3 Å². The topological polar surface area (TPSA) is 96.9 Å². The fourth-order valence-electron chi connectivity index (χ4n) is 3.03. The molecule has 6 heteroatoms. The minimum absolute atomic E-state index is 0.0767. The number of H-pyrrole nitrogens is 1. The third kappa shape index (κ3) is 2.38. The standard InChI is InChI=1S/C18H20N4O2/c1-18(2,3)15-14-13(10-7-5-6-8-12(10)23-4)11(9-19)16(20)24-17(14)22-21-15/h5-8,13H,20H2,1-4H3,(H,21,22)/t13-/m0/s1. The third-order valence-electron chi connectivity index (χ3n) is 4.14. The summed E-state index contributed by atoms with van der Waals surface area (Å²) in [7, 11) is 1.61. The molecule has 0 unspecified atom stereocenters. The molecule has 0 amide bonds. The first-order chi connectivity index (χ1) is 11.4. The summed E-state index contributed by atoms with van der Waals surface area (Å²) in [6.07, 6.45) is 0. The summed E-state index contributed by atoms with van der Waals surface area (Å²) in [6, 6.07) is 9.80. The Morgan fingerprint density at radius 2 is 2.04 bits per heavy atom. The third-order valence-corrected chi connectivity index (χ3v) is 4.14. The molecule has 2 heterocycles. The van der Waals surface area contributed by atoms with Gasteiger partial charge >= 0.3 is 0 Å². The van der Waals surface area contributed by atoms with Crippen molar-refractivity contribution in [1.82, 2.24) is 10.2 Å². The number of nitrogens with one attached hydrogen (secondary N) is 1. The number of benzene rings is 1. The number of para-hydroxylation sites is 1. The Kier molecular flexibility index (Phi) is 3.72. The number of nitrogens with two attached hydrogens (primary N) is 1. The summed E-state index contributed by atoms with van der Waals surface area (Å²) in [5.41, 5.74) is 8.74. The Bertz CT molecular complexity index is 853. The maximum Gasteiger partial charge on any atom is 0.244 e. The lowest BCUT2D eigenvalue weighted by molar-refractivity contribution is 0.374. The van der Waals surface area contributed by atoms with E-state index in [0.29, 0.717) is 17.2 Å². The van der Waals surface area contributed by atoms with Crippen molar-refractivity contribution in [3.63, 3.8) is 0 Å². The number of aromatic nitrogens is 2. The van der Waals surface area contributed by atoms with Crippen LogP contribution in [-0.4, -0.2) is 17.3 Å². The van der Waals surface area contributed by atoms with Gasteiger partial charge in [0.25, 0.3) is 0 Å². The zero-order valence-electron chi connectivity index (χ0n) is 14.2. The lowest BCUT2D eigenvalue weighted by atomic mass is 9.78. The van der Waals surface area contributed by atoms with E-state index in [2.05, 4.69) is 37.0 Å². The second-order valence-electron chi connectivity index (χ2n) is 6.73. The fourth-order valence-corrected chi connectivity index (χ4v) is 3.03. The number of nitriles is 1. The van der Waals surface area contributed by atoms with E-state index in [-0.39, 0.29) is 17.2 Å². The number of methoxy groups -OCH3 is 1. The number of rotatable bonds is 2. The summed E-state index contributed by atoms with van der Waals surface area (Å²) in [6.45, 7) is 6.23. The average Bonchev–Trinajstić information content (AvgIpc) is 2.97. The number of aromatic amines is 1. The van der Waals surface area contributed by atoms with Gasteiger partial charge in [-0.1, -0.05) is 39.0 Å². The Morgan fingerprint density at radius 3 is 2.67 bits per heavy atom. The summed E-state index contributed by atoms with van der Waals surface area (Å²) in [5.74, 6) is 0.792. The van der Waals surface area contributed by atoms with Gasteiger partial charge in [-0.3, -0.25) is 5.10 Å². The first-order valence-corrected chi connectivity index (χ1v) is 7.67. The highest BCUT2D eigenvalue weighted by Gasteiger charge is 2.39. The van der Waals surface area contributed by atoms with Crippen LogP contribution in [0.1, 0.15) is 43.5 Å². The summed E-state index contributed by atoms with van der Waals surface area (Å²) in [5, 5.41) is 17.0. The highest BCUT2D eigenvalue weighted by Crippen LogP contribution is 2.47. The number of hydrogen-bond acceptors (Lipinski definition) is 5. The van der Waals surface area contributed by atoms with Crippen molar-refractivity contribution in [3.8, 4) is 17.7 Å². The fraction of sp³-hybridized carbons (Fsp3) is 0.333. The minimum Gasteiger partial charge on any atom is -0.496 e. The van der Waals surface area contributed by atoms with Crippen LogP contribution in [0, 0.1) is 11.3 Å². The summed E-state index contributed by atoms with van der Waals surface area (Å²) >= 11 is 0. The number of fused-ring (bicyclic) bond motifs is 1. The maximum atomic E-state index is 9.67. The highest BCUT2D eigenvalue weighted by atomic mass is 16.5. The molecule has 24 heavy (non-hydrogen) atoms. The Morgan fingerprint density at radius 1 is 1.33 bits per heavy atom. The zero-order chi connectivity index (χ0) is 17.5. The van der Waals surface area contributed by atoms with Crippen molar-refractivity contribution in [1.29, 1.82) is 5.26 Å². The van der Waals surface area contributed by atoms with Gasteiger partial charge in [0, 0.05) is 16.7 Å². The average molecular weight is 324 g/mol. The lowest BCUT2D eigenvalue weighted by Gasteiger charge is -2.28. The predicted octanol–water partition coefficient (Wildman–Crippen LogP) is 2.93. The van der Waals surface area contributed by atoms with E-state index in [9.17, 15) is 5.26 Å². The van der Waals surface area contributed by atoms with Crippen molar-refractivity contribution < 1.29 is 9.47 Å². The quantitative estimate of drug-likeness (QED) is 0.885. The van der Waals surface area contributed by atoms with Crippen molar-refractivity contribution >= 4 is 0 Å². The molecule has 0 spiro atoms. The molecule has 2 aromatic rings. The van der Waals surface area contributed by atoms with Crippen LogP contribution in [0.2, 0.25) is 0 Å². The van der Waals surface area contributed by atoms with Gasteiger partial charge in [0.05, 0.1) is 18.6 Å². The molecule has 1 aromatic heterocycles. The Balaban J connectivity index is 2.31. The monoisotopic (exact) mass is 324 g/mol. The van der Waals surface area contributed by atoms with Gasteiger partial charge in [-0.15, -0.1) is 5.10 Å². The van der Waals surface area contributed by atoms with Crippen LogP contribution in [0.4, 0.5) is 0 Å². The second kappa shape index (κ2) is 5.60. The van der Waals surface area contributed by atoms with E-state index in [4.69, 9.17) is 15.2 Å². The molecule has 3 N–H and O–H groups in total. The number of hydrogen-bond donors (Lipinski definition) is 2. The summed E-state index contributed by atoms with van der Waals surface area (Å²) < 4.78 is 11.1. The van der Waals surface area contributed by atoms with E-state index < -0.39 is 0 Å². The van der Waals surface area contributed by atoms with Gasteiger partial charge in [0.15, 0.2) is 0 Å². The van der Waals surface area contributed by atoms with Crippen LogP contribution in [-0.2, 0) is 5.41 Å². The molecule has 6 nitrogen and oxygen atoms in total. The first kappa shape index (κ1) is 15.9. The molecule has 1 aliphatic rings. The SMILES string of the molecule is COc1ccccc1[C@H]1C(C#N)=C(N)Oc2n[nH]c(C(C)(C)C)c21. The number of ether oxygens (including phenoxy) is 2. The van der Waals surface area contributed by atoms with Crippen LogP contribution in [0.15, 0.2) is 35.7 Å². The molecule has 0 saturated heterocycles. The Hall–Kier alpha value is -2.94. The molecule has 124 valence electrons. The predicted molar refractivity (Wildman–Crippen MR) is 89.6 cm³/mol. The van der Waals surface area contributed by atoms with Crippen LogP contribution < -0.4 is 15.2 Å². The minimum atomic E-state index is -0.386. The smallest absolute Gasteiger partial charge is 0.244 e. The van der Waals surface area contributed by atoms with Crippen molar-refractivity contribution in [2.75, 3.05) is 7.11 Å². The first-order valence-electron chi connectivity index (χ1n) is 7.67. The molecule has 0 radical (unpaired) electrons. The zero-order valence-corrected chi connectivity index (χ0v) is 14.2. The van der Waals surface area contributed by atoms with E-state index in [1.54, 1.807) is 7.11 Å². The molecule has 0 bridgehead atoms. The largest absolute Gasteiger partial charge is 0.496 e. The molecule has 0 aliphatic carbocycles. The van der Waals surface area contributed by atoms with E-state index in [0.717, 1.165) is 16.8 Å². The molecule has 1 aliphatic heterocycles. The molecule has 1 atom stereocenters. The van der Waals surface area contributed by atoms with Crippen LogP contribution in [0.25, 0.3) is 0 Å². The van der Waals surface area contributed by atoms with Gasteiger partial charge in [0.1, 0.15) is 17.4 Å². The van der Waals surface area contributed by atoms with E-state index >= 15 is 0 Å². The number of nitrogens with zero attached hydrogens (tertiary/aromatic N) is 2. The maximum absolute atomic E-state index is 9.67. The number of allylic oxidation sites excluding steroid dienone is 1. The molecule has 3 rings (SSSR count). The van der Waals surface area contributed by atoms with Gasteiger partial charge < -0.3 is 15.2 Å². The van der Waals surface area contributed by atoms with Crippen LogP contribution in [0.5, 0.6) is 11.6 Å². The van der Waals surface area contributed by atoms with E-state index in [1.165, 1.54) is 0 Å². The van der Waals surface area contributed by atoms with Crippen molar-refractivity contribution in [3.05, 3.63) is 52.5 Å². The normalized spacial score (nSPS) is 17.0. The van der Waals surface area contributed by atoms with Gasteiger partial charge in [-0.05, 0) is 6.07 Å².